The minimum absolute atomic E-state index is 0.201. The normalized spacial score (nSPS) is 11.5. The summed E-state index contributed by atoms with van der Waals surface area (Å²) >= 11 is 0. The summed E-state index contributed by atoms with van der Waals surface area (Å²) in [4.78, 5) is 12.7. The largest absolute Gasteiger partial charge is 0.497 e. The fourth-order valence-corrected chi connectivity index (χ4v) is 3.34. The van der Waals surface area contributed by atoms with Crippen molar-refractivity contribution >= 4 is 11.6 Å². The molecule has 3 aromatic carbocycles. The van der Waals surface area contributed by atoms with Gasteiger partial charge in [-0.1, -0.05) is 30.3 Å². The number of anilines is 1. The highest BCUT2D eigenvalue weighted by Gasteiger charge is 2.18. The van der Waals surface area contributed by atoms with E-state index < -0.39 is 0 Å². The Morgan fingerprint density at radius 2 is 1.54 bits per heavy atom. The van der Waals surface area contributed by atoms with Crippen LogP contribution in [0.4, 0.5) is 5.69 Å². The Labute approximate surface area is 152 Å². The van der Waals surface area contributed by atoms with Crippen molar-refractivity contribution in [1.29, 1.82) is 0 Å². The molecule has 0 aliphatic heterocycles. The summed E-state index contributed by atoms with van der Waals surface area (Å²) in [5.74, 6) is 0.961. The molecule has 1 N–H and O–H groups in total. The molecule has 4 nitrogen and oxygen atoms in total. The van der Waals surface area contributed by atoms with Gasteiger partial charge in [0.2, 0.25) is 0 Å². The van der Waals surface area contributed by atoms with E-state index in [1.54, 1.807) is 32.4 Å². The third-order valence-corrected chi connectivity index (χ3v) is 4.67. The van der Waals surface area contributed by atoms with Gasteiger partial charge in [0.15, 0.2) is 0 Å². The molecule has 0 aromatic heterocycles. The average molecular weight is 345 g/mol. The molecular weight excluding hydrogens is 326 g/mol. The van der Waals surface area contributed by atoms with Gasteiger partial charge in [0.05, 0.1) is 14.2 Å². The number of benzene rings is 3. The molecule has 0 radical (unpaired) electrons. The van der Waals surface area contributed by atoms with E-state index in [9.17, 15) is 4.79 Å². The van der Waals surface area contributed by atoms with Crippen LogP contribution in [0.3, 0.4) is 0 Å². The highest BCUT2D eigenvalue weighted by molar-refractivity contribution is 6.05. The Morgan fingerprint density at radius 1 is 0.846 bits per heavy atom. The van der Waals surface area contributed by atoms with Crippen molar-refractivity contribution in [3.63, 3.8) is 0 Å². The maximum atomic E-state index is 12.7. The molecule has 4 heteroatoms. The molecule has 0 atom stereocenters. The molecular formula is C22H19NO3. The molecule has 0 heterocycles. The van der Waals surface area contributed by atoms with Gasteiger partial charge in [-0.05, 0) is 52.9 Å². The summed E-state index contributed by atoms with van der Waals surface area (Å²) in [6.45, 7) is 0. The predicted molar refractivity (Wildman–Crippen MR) is 102 cm³/mol. The zero-order valence-electron chi connectivity index (χ0n) is 14.7. The first kappa shape index (κ1) is 16.2. The Bertz CT molecular complexity index is 972. The lowest BCUT2D eigenvalue weighted by Crippen LogP contribution is -2.12. The zero-order valence-corrected chi connectivity index (χ0v) is 14.7. The summed E-state index contributed by atoms with van der Waals surface area (Å²) in [7, 11) is 3.13. The van der Waals surface area contributed by atoms with Gasteiger partial charge >= 0.3 is 0 Å². The number of hydrogen-bond acceptors (Lipinski definition) is 3. The lowest BCUT2D eigenvalue weighted by atomic mass is 10.1. The number of nitrogens with one attached hydrogen (secondary N) is 1. The highest BCUT2D eigenvalue weighted by Crippen LogP contribution is 2.37. The molecule has 0 fully saturated rings. The molecule has 0 bridgehead atoms. The van der Waals surface area contributed by atoms with Crippen LogP contribution in [0, 0.1) is 0 Å². The number of fused-ring (bicyclic) bond motifs is 3. The van der Waals surface area contributed by atoms with Gasteiger partial charge in [-0.2, -0.15) is 0 Å². The molecule has 130 valence electrons. The number of amides is 1. The van der Waals surface area contributed by atoms with Crippen LogP contribution in [-0.2, 0) is 6.42 Å². The van der Waals surface area contributed by atoms with Crippen LogP contribution in [0.5, 0.6) is 11.5 Å². The van der Waals surface area contributed by atoms with Gasteiger partial charge in [0.25, 0.3) is 5.91 Å². The fraction of sp³-hybridized carbons (Fsp3) is 0.136. The van der Waals surface area contributed by atoms with E-state index in [1.807, 2.05) is 18.2 Å². The van der Waals surface area contributed by atoms with Crippen LogP contribution in [0.25, 0.3) is 11.1 Å². The van der Waals surface area contributed by atoms with Crippen LogP contribution >= 0.6 is 0 Å². The van der Waals surface area contributed by atoms with Crippen LogP contribution in [0.1, 0.15) is 21.5 Å². The van der Waals surface area contributed by atoms with Gasteiger partial charge in [0.1, 0.15) is 11.5 Å². The quantitative estimate of drug-likeness (QED) is 0.591. The molecule has 0 saturated carbocycles. The van der Waals surface area contributed by atoms with E-state index in [1.165, 1.54) is 22.3 Å². The second-order valence-corrected chi connectivity index (χ2v) is 6.26. The summed E-state index contributed by atoms with van der Waals surface area (Å²) in [5, 5.41) is 2.97. The summed E-state index contributed by atoms with van der Waals surface area (Å²) in [5.41, 5.74) is 6.29. The van der Waals surface area contributed by atoms with E-state index in [2.05, 4.69) is 29.6 Å². The van der Waals surface area contributed by atoms with E-state index in [-0.39, 0.29) is 5.91 Å². The maximum Gasteiger partial charge on any atom is 0.255 e. The molecule has 26 heavy (non-hydrogen) atoms. The Balaban J connectivity index is 1.62. The van der Waals surface area contributed by atoms with E-state index in [0.717, 1.165) is 12.1 Å². The number of hydrogen-bond donors (Lipinski definition) is 1. The van der Waals surface area contributed by atoms with Crippen molar-refractivity contribution in [3.05, 3.63) is 77.4 Å². The van der Waals surface area contributed by atoms with Gasteiger partial charge in [-0.3, -0.25) is 4.79 Å². The van der Waals surface area contributed by atoms with Crippen LogP contribution in [0.15, 0.2) is 60.7 Å². The second kappa shape index (κ2) is 6.56. The van der Waals surface area contributed by atoms with Gasteiger partial charge in [-0.25, -0.2) is 0 Å². The molecule has 3 aromatic rings. The molecule has 1 aliphatic rings. The number of rotatable bonds is 4. The van der Waals surface area contributed by atoms with Crippen molar-refractivity contribution in [3.8, 4) is 22.6 Å². The number of methoxy groups -OCH3 is 2. The van der Waals surface area contributed by atoms with Gasteiger partial charge < -0.3 is 14.8 Å². The third kappa shape index (κ3) is 2.90. The molecule has 1 amide bonds. The second-order valence-electron chi connectivity index (χ2n) is 6.26. The Hall–Kier alpha value is -3.27. The first-order valence-corrected chi connectivity index (χ1v) is 8.43. The predicted octanol–water partition coefficient (Wildman–Crippen LogP) is 4.53. The first-order chi connectivity index (χ1) is 12.7. The monoisotopic (exact) mass is 345 g/mol. The molecule has 1 aliphatic carbocycles. The van der Waals surface area contributed by atoms with Crippen molar-refractivity contribution in [2.75, 3.05) is 19.5 Å². The summed E-state index contributed by atoms with van der Waals surface area (Å²) < 4.78 is 10.5. The van der Waals surface area contributed by atoms with E-state index in [0.29, 0.717) is 17.1 Å². The van der Waals surface area contributed by atoms with Crippen LogP contribution in [-0.4, -0.2) is 20.1 Å². The minimum atomic E-state index is -0.201. The first-order valence-electron chi connectivity index (χ1n) is 8.43. The zero-order chi connectivity index (χ0) is 18.1. The van der Waals surface area contributed by atoms with Crippen LogP contribution in [0.2, 0.25) is 0 Å². The van der Waals surface area contributed by atoms with Crippen LogP contribution < -0.4 is 14.8 Å². The maximum absolute atomic E-state index is 12.7. The standard InChI is InChI=1S/C22H19NO3/c1-25-18-10-16(11-19(13-18)26-2)22(24)23-17-8-7-15-9-14-5-3-4-6-20(14)21(15)12-17/h3-8,10-13H,9H2,1-2H3,(H,23,24). The van der Waals surface area contributed by atoms with Gasteiger partial charge in [-0.15, -0.1) is 0 Å². The number of carbonyl (C=O) groups is 1. The van der Waals surface area contributed by atoms with Gasteiger partial charge in [0, 0.05) is 17.3 Å². The molecule has 0 saturated heterocycles. The van der Waals surface area contributed by atoms with Crippen molar-refractivity contribution < 1.29 is 14.3 Å². The summed E-state index contributed by atoms with van der Waals surface area (Å²) in [6, 6.07) is 19.6. The average Bonchev–Trinajstić information content (AvgIpc) is 3.05. The lowest BCUT2D eigenvalue weighted by molar-refractivity contribution is 0.102. The molecule has 0 spiro atoms. The Kier molecular flexibility index (Phi) is 4.09. The third-order valence-electron chi connectivity index (χ3n) is 4.67. The summed E-state index contributed by atoms with van der Waals surface area (Å²) in [6.07, 6.45) is 0.937. The number of carbonyl (C=O) groups excluding carboxylic acids is 1. The number of ether oxygens (including phenoxy) is 2. The van der Waals surface area contributed by atoms with Crippen molar-refractivity contribution in [2.24, 2.45) is 0 Å². The Morgan fingerprint density at radius 3 is 2.27 bits per heavy atom. The SMILES string of the molecule is COc1cc(OC)cc(C(=O)Nc2ccc3c(c2)-c2ccccc2C3)c1. The fourth-order valence-electron chi connectivity index (χ4n) is 3.34. The smallest absolute Gasteiger partial charge is 0.255 e. The van der Waals surface area contributed by atoms with E-state index >= 15 is 0 Å². The lowest BCUT2D eigenvalue weighted by Gasteiger charge is -2.10. The minimum Gasteiger partial charge on any atom is -0.497 e. The van der Waals surface area contributed by atoms with Crippen molar-refractivity contribution in [1.82, 2.24) is 0 Å². The van der Waals surface area contributed by atoms with E-state index in [4.69, 9.17) is 9.47 Å². The highest BCUT2D eigenvalue weighted by atomic mass is 16.5. The van der Waals surface area contributed by atoms with Crippen molar-refractivity contribution in [2.45, 2.75) is 6.42 Å². The topological polar surface area (TPSA) is 47.6 Å². The molecule has 4 rings (SSSR count). The molecule has 0 unspecified atom stereocenters.